The third-order valence-electron chi connectivity index (χ3n) is 4.87. The Kier molecular flexibility index (Phi) is 4.65. The maximum atomic E-state index is 13.4. The van der Waals surface area contributed by atoms with Gasteiger partial charge in [-0.15, -0.1) is 10.2 Å². The molecule has 6 heteroatoms. The van der Waals surface area contributed by atoms with Crippen LogP contribution in [0.2, 0.25) is 0 Å². The SMILES string of the molecule is Fc1ccc2[nH]c3nc(SCCCC4CCCCC4)nnc3c2c1. The van der Waals surface area contributed by atoms with Gasteiger partial charge in [-0.3, -0.25) is 0 Å². The van der Waals surface area contributed by atoms with Crippen LogP contribution in [0.3, 0.4) is 0 Å². The highest BCUT2D eigenvalue weighted by Crippen LogP contribution is 2.29. The molecule has 0 unspecified atom stereocenters. The quantitative estimate of drug-likeness (QED) is 0.517. The van der Waals surface area contributed by atoms with Crippen LogP contribution in [0.15, 0.2) is 23.4 Å². The molecule has 0 amide bonds. The number of fused-ring (bicyclic) bond motifs is 3. The second-order valence-corrected chi connectivity index (χ2v) is 7.66. The molecule has 0 spiro atoms. The zero-order valence-corrected chi connectivity index (χ0v) is 14.4. The van der Waals surface area contributed by atoms with E-state index in [9.17, 15) is 4.39 Å². The van der Waals surface area contributed by atoms with Crippen molar-refractivity contribution in [2.45, 2.75) is 50.1 Å². The highest BCUT2D eigenvalue weighted by Gasteiger charge is 2.13. The Hall–Kier alpha value is -1.69. The summed E-state index contributed by atoms with van der Waals surface area (Å²) >= 11 is 1.66. The summed E-state index contributed by atoms with van der Waals surface area (Å²) in [5.41, 5.74) is 2.16. The third-order valence-corrected chi connectivity index (χ3v) is 5.79. The lowest BCUT2D eigenvalue weighted by atomic mass is 9.86. The summed E-state index contributed by atoms with van der Waals surface area (Å²) in [6.45, 7) is 0. The fourth-order valence-corrected chi connectivity index (χ4v) is 4.35. The Balaban J connectivity index is 1.40. The first-order valence-corrected chi connectivity index (χ1v) is 9.72. The largest absolute Gasteiger partial charge is 0.338 e. The summed E-state index contributed by atoms with van der Waals surface area (Å²) in [6, 6.07) is 4.62. The lowest BCUT2D eigenvalue weighted by Gasteiger charge is -2.20. The van der Waals surface area contributed by atoms with Crippen LogP contribution < -0.4 is 0 Å². The molecule has 1 fully saturated rings. The molecule has 0 bridgehead atoms. The minimum atomic E-state index is -0.272. The third kappa shape index (κ3) is 3.38. The van der Waals surface area contributed by atoms with Gasteiger partial charge >= 0.3 is 0 Å². The molecule has 24 heavy (non-hydrogen) atoms. The molecule has 2 heterocycles. The standard InChI is InChI=1S/C18H21FN4S/c19-13-8-9-15-14(11-13)16-17(20-15)21-18(23-22-16)24-10-4-7-12-5-2-1-3-6-12/h8-9,11-12H,1-7,10H2,(H,20,21,23). The summed E-state index contributed by atoms with van der Waals surface area (Å²) in [7, 11) is 0. The molecule has 4 nitrogen and oxygen atoms in total. The van der Waals surface area contributed by atoms with Gasteiger partial charge in [0.1, 0.15) is 11.3 Å². The molecular formula is C18H21FN4S. The molecule has 3 aromatic rings. The van der Waals surface area contributed by atoms with E-state index in [1.807, 2.05) is 0 Å². The molecule has 126 valence electrons. The van der Waals surface area contributed by atoms with Gasteiger partial charge in [-0.2, -0.15) is 0 Å². The molecule has 0 aliphatic heterocycles. The number of H-pyrrole nitrogens is 1. The van der Waals surface area contributed by atoms with Crippen molar-refractivity contribution in [3.63, 3.8) is 0 Å². The van der Waals surface area contributed by atoms with E-state index in [0.29, 0.717) is 16.3 Å². The predicted octanol–water partition coefficient (Wildman–Crippen LogP) is 5.10. The van der Waals surface area contributed by atoms with Crippen molar-refractivity contribution < 1.29 is 4.39 Å². The summed E-state index contributed by atoms with van der Waals surface area (Å²) in [5, 5.41) is 9.88. The Morgan fingerprint density at radius 2 is 2.04 bits per heavy atom. The highest BCUT2D eigenvalue weighted by atomic mass is 32.2. The first kappa shape index (κ1) is 15.8. The van der Waals surface area contributed by atoms with Gasteiger partial charge in [0, 0.05) is 16.7 Å². The predicted molar refractivity (Wildman–Crippen MR) is 95.7 cm³/mol. The van der Waals surface area contributed by atoms with E-state index in [2.05, 4.69) is 20.2 Å². The van der Waals surface area contributed by atoms with E-state index < -0.39 is 0 Å². The van der Waals surface area contributed by atoms with Gasteiger partial charge in [-0.25, -0.2) is 9.37 Å². The van der Waals surface area contributed by atoms with Crippen LogP contribution in [0.25, 0.3) is 22.1 Å². The molecule has 0 atom stereocenters. The average molecular weight is 344 g/mol. The van der Waals surface area contributed by atoms with Crippen molar-refractivity contribution in [1.29, 1.82) is 0 Å². The number of thioether (sulfide) groups is 1. The van der Waals surface area contributed by atoms with Crippen LogP contribution in [-0.4, -0.2) is 25.9 Å². The smallest absolute Gasteiger partial charge is 0.211 e. The highest BCUT2D eigenvalue weighted by molar-refractivity contribution is 7.99. The van der Waals surface area contributed by atoms with Gasteiger partial charge < -0.3 is 4.98 Å². The topological polar surface area (TPSA) is 54.5 Å². The Labute approximate surface area is 144 Å². The summed E-state index contributed by atoms with van der Waals surface area (Å²) in [6.07, 6.45) is 9.55. The van der Waals surface area contributed by atoms with Crippen LogP contribution in [0.1, 0.15) is 44.9 Å². The normalized spacial score (nSPS) is 16.2. The number of aromatic nitrogens is 4. The van der Waals surface area contributed by atoms with E-state index in [4.69, 9.17) is 0 Å². The minimum Gasteiger partial charge on any atom is -0.338 e. The number of hydrogen-bond acceptors (Lipinski definition) is 4. The van der Waals surface area contributed by atoms with E-state index in [1.165, 1.54) is 57.1 Å². The van der Waals surface area contributed by atoms with Gasteiger partial charge in [-0.05, 0) is 37.0 Å². The van der Waals surface area contributed by atoms with Gasteiger partial charge in [0.2, 0.25) is 5.16 Å². The first-order chi connectivity index (χ1) is 11.8. The van der Waals surface area contributed by atoms with Gasteiger partial charge in [0.05, 0.1) is 0 Å². The number of aromatic amines is 1. The van der Waals surface area contributed by atoms with Crippen LogP contribution in [-0.2, 0) is 0 Å². The fraction of sp³-hybridized carbons (Fsp3) is 0.500. The molecular weight excluding hydrogens is 323 g/mol. The maximum Gasteiger partial charge on any atom is 0.211 e. The van der Waals surface area contributed by atoms with Gasteiger partial charge in [0.25, 0.3) is 0 Å². The molecule has 0 radical (unpaired) electrons. The van der Waals surface area contributed by atoms with E-state index in [1.54, 1.807) is 17.8 Å². The fourth-order valence-electron chi connectivity index (χ4n) is 3.60. The van der Waals surface area contributed by atoms with Crippen molar-refractivity contribution in [3.05, 3.63) is 24.0 Å². The zero-order valence-electron chi connectivity index (χ0n) is 13.6. The Morgan fingerprint density at radius 1 is 1.17 bits per heavy atom. The Bertz CT molecular complexity index is 842. The zero-order chi connectivity index (χ0) is 16.4. The number of nitrogens with one attached hydrogen (secondary N) is 1. The number of hydrogen-bond donors (Lipinski definition) is 1. The van der Waals surface area contributed by atoms with E-state index in [-0.39, 0.29) is 5.82 Å². The second kappa shape index (κ2) is 7.05. The lowest BCUT2D eigenvalue weighted by Crippen LogP contribution is -2.06. The first-order valence-electron chi connectivity index (χ1n) is 8.74. The van der Waals surface area contributed by atoms with E-state index in [0.717, 1.165) is 22.6 Å². The monoisotopic (exact) mass is 344 g/mol. The minimum absolute atomic E-state index is 0.272. The lowest BCUT2D eigenvalue weighted by molar-refractivity contribution is 0.337. The number of rotatable bonds is 5. The van der Waals surface area contributed by atoms with Gasteiger partial charge in [0.15, 0.2) is 5.65 Å². The molecule has 1 N–H and O–H groups in total. The van der Waals surface area contributed by atoms with Crippen LogP contribution in [0.5, 0.6) is 0 Å². The maximum absolute atomic E-state index is 13.4. The summed E-state index contributed by atoms with van der Waals surface area (Å²) in [4.78, 5) is 7.73. The molecule has 1 aliphatic carbocycles. The van der Waals surface area contributed by atoms with Crippen molar-refractivity contribution in [2.24, 2.45) is 5.92 Å². The summed E-state index contributed by atoms with van der Waals surface area (Å²) in [5.74, 6) is 1.68. The van der Waals surface area contributed by atoms with Crippen molar-refractivity contribution >= 4 is 33.8 Å². The van der Waals surface area contributed by atoms with Crippen molar-refractivity contribution in [3.8, 4) is 0 Å². The average Bonchev–Trinajstić information content (AvgIpc) is 2.97. The van der Waals surface area contributed by atoms with Crippen molar-refractivity contribution in [2.75, 3.05) is 5.75 Å². The molecule has 0 saturated heterocycles. The molecule has 1 aliphatic rings. The summed E-state index contributed by atoms with van der Waals surface area (Å²) < 4.78 is 13.4. The number of halogens is 1. The van der Waals surface area contributed by atoms with Crippen molar-refractivity contribution in [1.82, 2.24) is 20.2 Å². The van der Waals surface area contributed by atoms with E-state index >= 15 is 0 Å². The van der Waals surface area contributed by atoms with Crippen LogP contribution in [0, 0.1) is 11.7 Å². The number of benzene rings is 1. The van der Waals surface area contributed by atoms with Crippen LogP contribution >= 0.6 is 11.8 Å². The molecule has 1 saturated carbocycles. The molecule has 2 aromatic heterocycles. The Morgan fingerprint density at radius 3 is 2.92 bits per heavy atom. The van der Waals surface area contributed by atoms with Gasteiger partial charge in [-0.1, -0.05) is 43.9 Å². The number of nitrogens with zero attached hydrogens (tertiary/aromatic N) is 3. The second-order valence-electron chi connectivity index (χ2n) is 6.60. The molecule has 4 rings (SSSR count). The molecule has 1 aromatic carbocycles. The van der Waals surface area contributed by atoms with Crippen LogP contribution in [0.4, 0.5) is 4.39 Å².